The van der Waals surface area contributed by atoms with E-state index in [0.717, 1.165) is 40.8 Å². The Morgan fingerprint density at radius 3 is 2.59 bits per heavy atom. The summed E-state index contributed by atoms with van der Waals surface area (Å²) >= 11 is 0. The second-order valence-corrected chi connectivity index (χ2v) is 8.77. The van der Waals surface area contributed by atoms with Crippen molar-refractivity contribution < 1.29 is 9.53 Å². The molecule has 0 saturated carbocycles. The normalized spacial score (nSPS) is 12.7. The number of hydrogen-bond donors (Lipinski definition) is 2. The predicted molar refractivity (Wildman–Crippen MR) is 150 cm³/mol. The van der Waals surface area contributed by atoms with Gasteiger partial charge in [0.1, 0.15) is 17.3 Å². The maximum atomic E-state index is 13.0. The summed E-state index contributed by atoms with van der Waals surface area (Å²) in [6.07, 6.45) is 7.77. The van der Waals surface area contributed by atoms with Gasteiger partial charge < -0.3 is 20.7 Å². The van der Waals surface area contributed by atoms with Gasteiger partial charge >= 0.3 is 0 Å². The van der Waals surface area contributed by atoms with Crippen molar-refractivity contribution in [3.8, 4) is 0 Å². The second kappa shape index (κ2) is 12.7. The summed E-state index contributed by atoms with van der Waals surface area (Å²) < 4.78 is 7.05. The third-order valence-corrected chi connectivity index (χ3v) is 6.26. The standard InChI is InChI=1S/C26H29N7O2.2ClH/c1-35-17-23-22(26(34)30-13-18-4-6-21-20(12-18)8-9-28-25(21)27)16-33(31-23)15-19-5-7-24(29-14-19)32-10-2-3-11-32;;/h4-9,12,14,16H,2-3,10-11,13,15,17H2,1H3,(H2,27,28)(H,30,34);2*1H. The van der Waals surface area contributed by atoms with E-state index in [-0.39, 0.29) is 37.3 Å². The number of rotatable bonds is 8. The second-order valence-electron chi connectivity index (χ2n) is 8.77. The average Bonchev–Trinajstić information content (AvgIpc) is 3.54. The Kier molecular flexibility index (Phi) is 9.68. The van der Waals surface area contributed by atoms with E-state index >= 15 is 0 Å². The van der Waals surface area contributed by atoms with Gasteiger partial charge in [0, 0.05) is 50.7 Å². The molecule has 1 aliphatic rings. The Morgan fingerprint density at radius 1 is 1.08 bits per heavy atom. The first-order valence-corrected chi connectivity index (χ1v) is 11.8. The molecule has 4 aromatic rings. The smallest absolute Gasteiger partial charge is 0.255 e. The van der Waals surface area contributed by atoms with Gasteiger partial charge in [0.15, 0.2) is 0 Å². The van der Waals surface area contributed by atoms with Crippen molar-refractivity contribution in [2.45, 2.75) is 32.5 Å². The van der Waals surface area contributed by atoms with E-state index in [9.17, 15) is 4.79 Å². The van der Waals surface area contributed by atoms with E-state index in [2.05, 4.69) is 37.4 Å². The highest BCUT2D eigenvalue weighted by Crippen LogP contribution is 2.21. The van der Waals surface area contributed by atoms with E-state index in [1.807, 2.05) is 30.5 Å². The third kappa shape index (κ3) is 6.49. The number of nitrogens with zero attached hydrogens (tertiary/aromatic N) is 5. The van der Waals surface area contributed by atoms with Crippen LogP contribution in [-0.2, 0) is 24.4 Å². The van der Waals surface area contributed by atoms with Crippen molar-refractivity contribution in [3.63, 3.8) is 0 Å². The third-order valence-electron chi connectivity index (χ3n) is 6.26. The van der Waals surface area contributed by atoms with Gasteiger partial charge in [-0.15, -0.1) is 24.8 Å². The van der Waals surface area contributed by atoms with Gasteiger partial charge in [-0.3, -0.25) is 9.48 Å². The zero-order valence-corrected chi connectivity index (χ0v) is 22.2. The number of nitrogen functional groups attached to an aromatic ring is 1. The lowest BCUT2D eigenvalue weighted by atomic mass is 10.1. The van der Waals surface area contributed by atoms with Crippen LogP contribution in [0.3, 0.4) is 0 Å². The summed E-state index contributed by atoms with van der Waals surface area (Å²) in [5.74, 6) is 1.32. The maximum Gasteiger partial charge on any atom is 0.255 e. The topological polar surface area (TPSA) is 111 Å². The van der Waals surface area contributed by atoms with Gasteiger partial charge in [0.05, 0.1) is 18.7 Å². The van der Waals surface area contributed by atoms with Crippen LogP contribution < -0.4 is 16.0 Å². The molecule has 0 radical (unpaired) electrons. The number of carbonyl (C=O) groups is 1. The van der Waals surface area contributed by atoms with Crippen LogP contribution in [0.15, 0.2) is 55.0 Å². The molecule has 1 aromatic carbocycles. The average molecular weight is 544 g/mol. The van der Waals surface area contributed by atoms with Crippen LogP contribution in [-0.4, -0.2) is 45.9 Å². The Morgan fingerprint density at radius 2 is 1.86 bits per heavy atom. The highest BCUT2D eigenvalue weighted by atomic mass is 35.5. The quantitative estimate of drug-likeness (QED) is 0.345. The number of halogens is 2. The highest BCUT2D eigenvalue weighted by Gasteiger charge is 2.17. The molecule has 0 spiro atoms. The van der Waals surface area contributed by atoms with Gasteiger partial charge in [0.25, 0.3) is 5.91 Å². The molecule has 4 heterocycles. The zero-order chi connectivity index (χ0) is 24.2. The van der Waals surface area contributed by atoms with E-state index in [4.69, 9.17) is 10.5 Å². The molecule has 5 rings (SSSR count). The Labute approximate surface area is 228 Å². The first-order valence-electron chi connectivity index (χ1n) is 11.8. The number of hydrogen-bond acceptors (Lipinski definition) is 7. The molecule has 1 fully saturated rings. The maximum absolute atomic E-state index is 13.0. The Balaban J connectivity index is 0.00000190. The van der Waals surface area contributed by atoms with Crippen LogP contribution >= 0.6 is 24.8 Å². The fraction of sp³-hybridized carbons (Fsp3) is 0.308. The van der Waals surface area contributed by atoms with E-state index < -0.39 is 0 Å². The first-order chi connectivity index (χ1) is 17.1. The number of amides is 1. The minimum absolute atomic E-state index is 0. The fourth-order valence-corrected chi connectivity index (χ4v) is 4.44. The number of carbonyl (C=O) groups excluding carboxylic acids is 1. The molecule has 0 unspecified atom stereocenters. The van der Waals surface area contributed by atoms with E-state index in [1.54, 1.807) is 24.2 Å². The molecule has 0 aliphatic carbocycles. The fourth-order valence-electron chi connectivity index (χ4n) is 4.44. The number of fused-ring (bicyclic) bond motifs is 1. The molecule has 0 atom stereocenters. The van der Waals surface area contributed by atoms with E-state index in [0.29, 0.717) is 30.2 Å². The SMILES string of the molecule is COCc1nn(Cc2ccc(N3CCCC3)nc2)cc1C(=O)NCc1ccc2c(N)nccc2c1.Cl.Cl. The van der Waals surface area contributed by atoms with Crippen LogP contribution in [0.2, 0.25) is 0 Å². The summed E-state index contributed by atoms with van der Waals surface area (Å²) in [7, 11) is 1.59. The highest BCUT2D eigenvalue weighted by molar-refractivity contribution is 5.95. The van der Waals surface area contributed by atoms with Crippen LogP contribution in [0.5, 0.6) is 0 Å². The molecule has 11 heteroatoms. The summed E-state index contributed by atoms with van der Waals surface area (Å²) in [5.41, 5.74) is 9.04. The van der Waals surface area contributed by atoms with Crippen LogP contribution in [0.25, 0.3) is 10.8 Å². The number of anilines is 2. The number of methoxy groups -OCH3 is 1. The lowest BCUT2D eigenvalue weighted by molar-refractivity contribution is 0.0946. The molecule has 3 N–H and O–H groups in total. The molecule has 1 amide bonds. The predicted octanol–water partition coefficient (Wildman–Crippen LogP) is 3.98. The molecule has 1 aliphatic heterocycles. The molecule has 37 heavy (non-hydrogen) atoms. The van der Waals surface area contributed by atoms with Crippen molar-refractivity contribution >= 4 is 53.1 Å². The molecule has 3 aromatic heterocycles. The summed E-state index contributed by atoms with van der Waals surface area (Å²) in [6, 6.07) is 11.9. The number of pyridine rings is 2. The van der Waals surface area contributed by atoms with Crippen LogP contribution in [0.1, 0.15) is 40.0 Å². The van der Waals surface area contributed by atoms with Crippen LogP contribution in [0.4, 0.5) is 11.6 Å². The zero-order valence-electron chi connectivity index (χ0n) is 20.6. The molecule has 9 nitrogen and oxygen atoms in total. The summed E-state index contributed by atoms with van der Waals surface area (Å²) in [5, 5.41) is 9.48. The number of ether oxygens (including phenoxy) is 1. The van der Waals surface area contributed by atoms with Gasteiger partial charge in [-0.25, -0.2) is 9.97 Å². The number of benzene rings is 1. The van der Waals surface area contributed by atoms with E-state index in [1.165, 1.54) is 12.8 Å². The van der Waals surface area contributed by atoms with Crippen molar-refractivity contribution in [3.05, 3.63) is 77.4 Å². The number of nitrogens with two attached hydrogens (primary N) is 1. The molecule has 0 bridgehead atoms. The lowest BCUT2D eigenvalue weighted by Crippen LogP contribution is -2.23. The monoisotopic (exact) mass is 543 g/mol. The van der Waals surface area contributed by atoms with Gasteiger partial charge in [-0.2, -0.15) is 5.10 Å². The van der Waals surface area contributed by atoms with Gasteiger partial charge in [0.2, 0.25) is 0 Å². The number of nitrogens with one attached hydrogen (secondary N) is 1. The minimum Gasteiger partial charge on any atom is -0.383 e. The van der Waals surface area contributed by atoms with Crippen molar-refractivity contribution in [1.82, 2.24) is 25.1 Å². The summed E-state index contributed by atoms with van der Waals surface area (Å²) in [6.45, 7) is 3.29. The molecular weight excluding hydrogens is 513 g/mol. The lowest BCUT2D eigenvalue weighted by Gasteiger charge is -2.16. The molecular formula is C26H31Cl2N7O2. The van der Waals surface area contributed by atoms with Gasteiger partial charge in [-0.05, 0) is 47.6 Å². The van der Waals surface area contributed by atoms with Crippen molar-refractivity contribution in [2.24, 2.45) is 0 Å². The largest absolute Gasteiger partial charge is 0.383 e. The number of aromatic nitrogens is 4. The minimum atomic E-state index is -0.194. The first kappa shape index (κ1) is 28.2. The van der Waals surface area contributed by atoms with Crippen LogP contribution in [0, 0.1) is 0 Å². The van der Waals surface area contributed by atoms with Gasteiger partial charge in [-0.1, -0.05) is 18.2 Å². The molecule has 1 saturated heterocycles. The molecule has 196 valence electrons. The Hall–Kier alpha value is -3.40. The van der Waals surface area contributed by atoms with Crippen molar-refractivity contribution in [1.29, 1.82) is 0 Å². The Bertz CT molecular complexity index is 1340. The summed E-state index contributed by atoms with van der Waals surface area (Å²) in [4.78, 5) is 24.1. The van der Waals surface area contributed by atoms with Crippen molar-refractivity contribution in [2.75, 3.05) is 30.8 Å².